The Morgan fingerprint density at radius 2 is 0.636 bits per heavy atom. The highest BCUT2D eigenvalue weighted by atomic mass is 15.1. The summed E-state index contributed by atoms with van der Waals surface area (Å²) in [6.07, 6.45) is 17.3. The SMILES string of the molecule is CCCCCCC1(CCCCCC)c2cc(C)ccc2-c2ccc(N(c3ccc(-c4ccc(N(c5ccccc5)c5ccc(-c6ccc(N(C)c7ccc(-c8ccc9c(c8)CC9)cc7)cc6)cc5)cc4)cc3)c3ccc(-c4ccc5c(c4)CC5)cc3)cc21. The first kappa shape index (κ1) is 56.6. The Hall–Kier alpha value is -9.18. The molecule has 0 unspecified atom stereocenters. The molecule has 0 bridgehead atoms. The minimum Gasteiger partial charge on any atom is -0.345 e. The molecule has 0 atom stereocenters. The smallest absolute Gasteiger partial charge is 0.0465 e. The second-order valence-electron chi connectivity index (χ2n) is 25.3. The van der Waals surface area contributed by atoms with E-state index in [1.165, 1.54) is 190 Å². The summed E-state index contributed by atoms with van der Waals surface area (Å²) < 4.78 is 0. The Labute approximate surface area is 523 Å². The number of aryl methyl sites for hydroxylation is 5. The molecule has 3 aliphatic rings. The van der Waals surface area contributed by atoms with Crippen molar-refractivity contribution in [1.29, 1.82) is 0 Å². The van der Waals surface area contributed by atoms with Crippen LogP contribution in [0.3, 0.4) is 0 Å². The van der Waals surface area contributed by atoms with Crippen molar-refractivity contribution in [3.8, 4) is 55.6 Å². The van der Waals surface area contributed by atoms with E-state index in [0.717, 1.165) is 34.1 Å². The van der Waals surface area contributed by atoms with Crippen molar-refractivity contribution in [2.45, 2.75) is 116 Å². The summed E-state index contributed by atoms with van der Waals surface area (Å²) in [5, 5.41) is 0. The van der Waals surface area contributed by atoms with Crippen LogP contribution in [0.4, 0.5) is 45.5 Å². The van der Waals surface area contributed by atoms with Gasteiger partial charge in [-0.15, -0.1) is 0 Å². The first-order valence-corrected chi connectivity index (χ1v) is 32.8. The average molecular weight is 1140 g/mol. The quantitative estimate of drug-likeness (QED) is 0.0626. The molecule has 88 heavy (non-hydrogen) atoms. The average Bonchev–Trinajstić information content (AvgIpc) is 1.64. The standard InChI is InChI=1S/C85H81N3/c1-5-7-9-14-54-85(55-15-10-8-6-2)83-56-60(3)18-52-81(83)82-53-51-80(59-84(82)85)88(79-49-37-68(38-50-79)72-26-22-66-20-24-70(66)58-72)78-47-35-64(36-48-78)63-33-45-77(46-34-63)87(75-16-12-11-13-17-75)76-43-31-62(32-44-76)61-27-39-73(40-28-61)86(4)74-41-29-67(30-42-74)71-25-21-65-19-23-69(65)57-71/h11-13,16-18,21-22,25-53,56-59H,5-10,14-15,19-20,23-24,54-55H2,1-4H3. The molecule has 0 N–H and O–H groups in total. The molecule has 3 aliphatic carbocycles. The van der Waals surface area contributed by atoms with Gasteiger partial charge in [0.25, 0.3) is 0 Å². The maximum absolute atomic E-state index is 2.60. The number of para-hydroxylation sites is 1. The fourth-order valence-corrected chi connectivity index (χ4v) is 14.4. The lowest BCUT2D eigenvalue weighted by Gasteiger charge is -2.34. The van der Waals surface area contributed by atoms with Gasteiger partial charge in [0.15, 0.2) is 0 Å². The normalized spacial score (nSPS) is 13.1. The Kier molecular flexibility index (Phi) is 16.0. The summed E-state index contributed by atoms with van der Waals surface area (Å²) in [5.74, 6) is 0. The third kappa shape index (κ3) is 11.2. The minimum absolute atomic E-state index is 0.0162. The number of anilines is 8. The van der Waals surface area contributed by atoms with Gasteiger partial charge in [0, 0.05) is 58.0 Å². The number of rotatable bonds is 22. The van der Waals surface area contributed by atoms with Crippen molar-refractivity contribution < 1.29 is 0 Å². The zero-order valence-corrected chi connectivity index (χ0v) is 51.9. The highest BCUT2D eigenvalue weighted by molar-refractivity contribution is 5.88. The second kappa shape index (κ2) is 24.9. The monoisotopic (exact) mass is 1140 g/mol. The van der Waals surface area contributed by atoms with Crippen LogP contribution in [0.1, 0.15) is 117 Å². The maximum Gasteiger partial charge on any atom is 0.0465 e. The van der Waals surface area contributed by atoms with Gasteiger partial charge in [-0.1, -0.05) is 222 Å². The molecular weight excluding hydrogens is 1060 g/mol. The molecule has 11 aromatic carbocycles. The molecule has 0 saturated carbocycles. The van der Waals surface area contributed by atoms with Crippen LogP contribution in [0, 0.1) is 6.92 Å². The molecule has 3 nitrogen and oxygen atoms in total. The second-order valence-corrected chi connectivity index (χ2v) is 25.3. The van der Waals surface area contributed by atoms with E-state index in [1.807, 2.05) is 0 Å². The number of nitrogens with zero attached hydrogens (tertiary/aromatic N) is 3. The molecule has 0 fully saturated rings. The maximum atomic E-state index is 2.60. The molecule has 0 spiro atoms. The summed E-state index contributed by atoms with van der Waals surface area (Å²) in [7, 11) is 2.15. The van der Waals surface area contributed by atoms with Gasteiger partial charge < -0.3 is 14.7 Å². The van der Waals surface area contributed by atoms with Crippen LogP contribution in [0.15, 0.2) is 249 Å². The lowest BCUT2D eigenvalue weighted by Crippen LogP contribution is -2.26. The minimum atomic E-state index is -0.0162. The van der Waals surface area contributed by atoms with Crippen molar-refractivity contribution in [2.24, 2.45) is 0 Å². The predicted octanol–water partition coefficient (Wildman–Crippen LogP) is 23.8. The van der Waals surface area contributed by atoms with Crippen molar-refractivity contribution >= 4 is 45.5 Å². The first-order valence-electron chi connectivity index (χ1n) is 32.8. The number of fused-ring (bicyclic) bond motifs is 5. The fourth-order valence-electron chi connectivity index (χ4n) is 14.4. The van der Waals surface area contributed by atoms with E-state index in [2.05, 4.69) is 291 Å². The van der Waals surface area contributed by atoms with Crippen LogP contribution >= 0.6 is 0 Å². The van der Waals surface area contributed by atoms with Gasteiger partial charge >= 0.3 is 0 Å². The van der Waals surface area contributed by atoms with E-state index in [9.17, 15) is 0 Å². The van der Waals surface area contributed by atoms with Crippen molar-refractivity contribution in [1.82, 2.24) is 0 Å². The molecule has 14 rings (SSSR count). The molecule has 11 aromatic rings. The van der Waals surface area contributed by atoms with Crippen LogP contribution in [-0.2, 0) is 31.1 Å². The van der Waals surface area contributed by atoms with Gasteiger partial charge in [-0.25, -0.2) is 0 Å². The van der Waals surface area contributed by atoms with Gasteiger partial charge in [0.2, 0.25) is 0 Å². The zero-order valence-electron chi connectivity index (χ0n) is 51.9. The van der Waals surface area contributed by atoms with Gasteiger partial charge in [-0.05, 0) is 232 Å². The van der Waals surface area contributed by atoms with Crippen LogP contribution < -0.4 is 14.7 Å². The molecule has 436 valence electrons. The van der Waals surface area contributed by atoms with Gasteiger partial charge in [0.05, 0.1) is 0 Å². The van der Waals surface area contributed by atoms with Crippen molar-refractivity contribution in [3.63, 3.8) is 0 Å². The summed E-state index contributed by atoms with van der Waals surface area (Å²) in [4.78, 5) is 7.13. The topological polar surface area (TPSA) is 9.72 Å². The van der Waals surface area contributed by atoms with E-state index in [1.54, 1.807) is 5.56 Å². The lowest BCUT2D eigenvalue weighted by molar-refractivity contribution is 0.401. The summed E-state index contributed by atoms with van der Waals surface area (Å²) >= 11 is 0. The highest BCUT2D eigenvalue weighted by Crippen LogP contribution is 2.56. The first-order chi connectivity index (χ1) is 43.3. The summed E-state index contributed by atoms with van der Waals surface area (Å²) in [6, 6.07) is 94.1. The molecule has 0 aromatic heterocycles. The molecule has 0 radical (unpaired) electrons. The van der Waals surface area contributed by atoms with E-state index >= 15 is 0 Å². The number of benzene rings is 11. The van der Waals surface area contributed by atoms with E-state index < -0.39 is 0 Å². The zero-order chi connectivity index (χ0) is 59.6. The predicted molar refractivity (Wildman–Crippen MR) is 375 cm³/mol. The lowest BCUT2D eigenvalue weighted by atomic mass is 9.70. The third-order valence-electron chi connectivity index (χ3n) is 19.8. The Morgan fingerprint density at radius 3 is 1.03 bits per heavy atom. The van der Waals surface area contributed by atoms with Gasteiger partial charge in [0.1, 0.15) is 0 Å². The van der Waals surface area contributed by atoms with Gasteiger partial charge in [-0.2, -0.15) is 0 Å². The Balaban J connectivity index is 0.740. The van der Waals surface area contributed by atoms with E-state index in [4.69, 9.17) is 0 Å². The summed E-state index contributed by atoms with van der Waals surface area (Å²) in [6.45, 7) is 6.95. The van der Waals surface area contributed by atoms with E-state index in [-0.39, 0.29) is 5.41 Å². The Bertz CT molecular complexity index is 4200. The number of unbranched alkanes of at least 4 members (excludes halogenated alkanes) is 6. The molecule has 0 heterocycles. The van der Waals surface area contributed by atoms with Crippen molar-refractivity contribution in [3.05, 3.63) is 288 Å². The number of hydrogen-bond donors (Lipinski definition) is 0. The van der Waals surface area contributed by atoms with Crippen LogP contribution in [-0.4, -0.2) is 7.05 Å². The summed E-state index contributed by atoms with van der Waals surface area (Å²) in [5.41, 5.74) is 32.3. The number of hydrogen-bond acceptors (Lipinski definition) is 3. The molecule has 0 saturated heterocycles. The van der Waals surface area contributed by atoms with E-state index in [0.29, 0.717) is 0 Å². The Morgan fingerprint density at radius 1 is 0.295 bits per heavy atom. The largest absolute Gasteiger partial charge is 0.345 e. The van der Waals surface area contributed by atoms with Gasteiger partial charge in [-0.3, -0.25) is 0 Å². The highest BCUT2D eigenvalue weighted by Gasteiger charge is 2.43. The molecule has 3 heteroatoms. The molecule has 0 aliphatic heterocycles. The molecule has 0 amide bonds. The van der Waals surface area contributed by atoms with Crippen molar-refractivity contribution in [2.75, 3.05) is 21.7 Å². The fraction of sp³-hybridized carbons (Fsp3) is 0.224. The van der Waals surface area contributed by atoms with Crippen LogP contribution in [0.2, 0.25) is 0 Å². The van der Waals surface area contributed by atoms with Crippen LogP contribution in [0.5, 0.6) is 0 Å². The molecular formula is C85H81N3. The van der Waals surface area contributed by atoms with Crippen LogP contribution in [0.25, 0.3) is 55.6 Å². The third-order valence-corrected chi connectivity index (χ3v) is 19.8.